The van der Waals surface area contributed by atoms with Crippen molar-refractivity contribution < 1.29 is 14.7 Å². The lowest BCUT2D eigenvalue weighted by Gasteiger charge is -2.16. The predicted octanol–water partition coefficient (Wildman–Crippen LogP) is 0.191. The summed E-state index contributed by atoms with van der Waals surface area (Å²) in [6, 6.07) is 0. The Morgan fingerprint density at radius 1 is 1.40 bits per heavy atom. The van der Waals surface area contributed by atoms with Gasteiger partial charge in [0.1, 0.15) is 12.2 Å². The molecule has 0 radical (unpaired) electrons. The molecule has 2 N–H and O–H groups in total. The number of carbonyl (C=O) groups excluding carboxylic acids is 1. The topological polar surface area (TPSA) is 97.1 Å². The van der Waals surface area contributed by atoms with Crippen LogP contribution in [-0.2, 0) is 22.7 Å². The number of carbonyl (C=O) groups is 2. The van der Waals surface area contributed by atoms with Gasteiger partial charge in [-0.3, -0.25) is 9.59 Å². The summed E-state index contributed by atoms with van der Waals surface area (Å²) in [6.07, 6.45) is 7.90. The number of allylic oxidation sites excluding steroid dienone is 2. The van der Waals surface area contributed by atoms with E-state index in [0.717, 1.165) is 12.8 Å². The molecule has 2 aliphatic rings. The van der Waals surface area contributed by atoms with Gasteiger partial charge in [0.25, 0.3) is 0 Å². The monoisotopic (exact) mass is 276 g/mol. The van der Waals surface area contributed by atoms with Crippen molar-refractivity contribution in [2.24, 2.45) is 17.8 Å². The Bertz CT molecular complexity index is 566. The average Bonchev–Trinajstić information content (AvgIpc) is 3.11. The first-order valence-electron chi connectivity index (χ1n) is 6.68. The number of hydrogen-bond acceptors (Lipinski definition) is 4. The minimum absolute atomic E-state index is 0.0506. The Morgan fingerprint density at radius 3 is 2.90 bits per heavy atom. The summed E-state index contributed by atoms with van der Waals surface area (Å²) in [6.45, 7) is 0.0637. The molecule has 1 saturated carbocycles. The molecule has 0 aromatic carbocycles. The number of carboxylic acids is 1. The highest BCUT2D eigenvalue weighted by molar-refractivity contribution is 5.79. The number of hydrogen-bond donors (Lipinski definition) is 2. The van der Waals surface area contributed by atoms with E-state index in [-0.39, 0.29) is 24.9 Å². The highest BCUT2D eigenvalue weighted by Crippen LogP contribution is 2.43. The Labute approximate surface area is 115 Å². The predicted molar refractivity (Wildman–Crippen MR) is 68.3 cm³/mol. The van der Waals surface area contributed by atoms with Crippen LogP contribution in [0.3, 0.4) is 0 Å². The van der Waals surface area contributed by atoms with Gasteiger partial charge in [0.05, 0.1) is 12.7 Å². The molecule has 1 amide bonds. The normalized spacial score (nSPS) is 26.9. The van der Waals surface area contributed by atoms with Gasteiger partial charge in [0, 0.05) is 5.92 Å². The minimum Gasteiger partial charge on any atom is -0.480 e. The molecule has 2 bridgehead atoms. The zero-order chi connectivity index (χ0) is 14.1. The van der Waals surface area contributed by atoms with Crippen LogP contribution in [0.4, 0.5) is 0 Å². The molecule has 1 aromatic heterocycles. The van der Waals surface area contributed by atoms with Crippen LogP contribution in [0.25, 0.3) is 0 Å². The van der Waals surface area contributed by atoms with Crippen molar-refractivity contribution in [2.45, 2.75) is 25.9 Å². The van der Waals surface area contributed by atoms with Crippen LogP contribution >= 0.6 is 0 Å². The Kier molecular flexibility index (Phi) is 3.25. The fourth-order valence-corrected chi connectivity index (χ4v) is 3.03. The van der Waals surface area contributed by atoms with Gasteiger partial charge >= 0.3 is 5.97 Å². The fraction of sp³-hybridized carbons (Fsp3) is 0.538. The Morgan fingerprint density at radius 2 is 2.25 bits per heavy atom. The first-order valence-corrected chi connectivity index (χ1v) is 6.68. The summed E-state index contributed by atoms with van der Waals surface area (Å²) >= 11 is 0. The number of rotatable bonds is 5. The molecule has 3 atom stereocenters. The zero-order valence-corrected chi connectivity index (χ0v) is 10.9. The van der Waals surface area contributed by atoms with Gasteiger partial charge in [-0.1, -0.05) is 17.4 Å². The largest absolute Gasteiger partial charge is 0.480 e. The second-order valence-corrected chi connectivity index (χ2v) is 5.41. The van der Waals surface area contributed by atoms with E-state index >= 15 is 0 Å². The quantitative estimate of drug-likeness (QED) is 0.748. The minimum atomic E-state index is -0.973. The molecular weight excluding hydrogens is 260 g/mol. The average molecular weight is 276 g/mol. The van der Waals surface area contributed by atoms with Gasteiger partial charge in [0.2, 0.25) is 5.91 Å². The number of fused-ring (bicyclic) bond motifs is 2. The maximum Gasteiger partial charge on any atom is 0.325 e. The van der Waals surface area contributed by atoms with Crippen LogP contribution in [0.5, 0.6) is 0 Å². The Hall–Kier alpha value is -2.18. The molecule has 1 aromatic rings. The van der Waals surface area contributed by atoms with Crippen molar-refractivity contribution >= 4 is 11.9 Å². The van der Waals surface area contributed by atoms with E-state index in [1.807, 2.05) is 0 Å². The van der Waals surface area contributed by atoms with Gasteiger partial charge < -0.3 is 10.4 Å². The highest BCUT2D eigenvalue weighted by Gasteiger charge is 2.39. The van der Waals surface area contributed by atoms with Gasteiger partial charge in [0.15, 0.2) is 0 Å². The number of nitrogens with zero attached hydrogens (tertiary/aromatic N) is 3. The van der Waals surface area contributed by atoms with Crippen LogP contribution in [0, 0.1) is 17.8 Å². The second-order valence-electron chi connectivity index (χ2n) is 5.41. The van der Waals surface area contributed by atoms with Gasteiger partial charge in [-0.2, -0.15) is 0 Å². The molecule has 7 heteroatoms. The third kappa shape index (κ3) is 2.56. The van der Waals surface area contributed by atoms with Crippen LogP contribution < -0.4 is 5.32 Å². The lowest BCUT2D eigenvalue weighted by molar-refractivity contribution is -0.138. The molecule has 3 rings (SSSR count). The summed E-state index contributed by atoms with van der Waals surface area (Å²) in [5, 5.41) is 19.0. The lowest BCUT2D eigenvalue weighted by Crippen LogP contribution is -2.32. The molecule has 1 fully saturated rings. The first-order chi connectivity index (χ1) is 9.61. The zero-order valence-electron chi connectivity index (χ0n) is 10.9. The van der Waals surface area contributed by atoms with Gasteiger partial charge in [-0.05, 0) is 24.7 Å². The maximum atomic E-state index is 12.1. The smallest absolute Gasteiger partial charge is 0.325 e. The van der Waals surface area contributed by atoms with Crippen LogP contribution in [0.1, 0.15) is 18.5 Å². The van der Waals surface area contributed by atoms with E-state index in [1.54, 1.807) is 0 Å². The summed E-state index contributed by atoms with van der Waals surface area (Å²) in [7, 11) is 0. The van der Waals surface area contributed by atoms with E-state index in [2.05, 4.69) is 27.8 Å². The SMILES string of the molecule is O=C(O)Cn1cc(CNC(=O)C2CC3C=CC2C3)nn1. The fourth-order valence-electron chi connectivity index (χ4n) is 3.03. The van der Waals surface area contributed by atoms with Crippen LogP contribution in [-0.4, -0.2) is 32.0 Å². The molecule has 20 heavy (non-hydrogen) atoms. The second kappa shape index (κ2) is 5.07. The molecule has 3 unspecified atom stereocenters. The highest BCUT2D eigenvalue weighted by atomic mass is 16.4. The number of aliphatic carboxylic acids is 1. The third-order valence-corrected chi connectivity index (χ3v) is 3.94. The Balaban J connectivity index is 1.52. The van der Waals surface area contributed by atoms with Crippen molar-refractivity contribution in [3.63, 3.8) is 0 Å². The molecule has 2 aliphatic carbocycles. The van der Waals surface area contributed by atoms with E-state index in [9.17, 15) is 9.59 Å². The van der Waals surface area contributed by atoms with E-state index < -0.39 is 5.97 Å². The molecule has 106 valence electrons. The van der Waals surface area contributed by atoms with Crippen molar-refractivity contribution in [1.29, 1.82) is 0 Å². The maximum absolute atomic E-state index is 12.1. The molecule has 1 heterocycles. The third-order valence-electron chi connectivity index (χ3n) is 3.94. The lowest BCUT2D eigenvalue weighted by atomic mass is 9.93. The number of carboxylic acid groups (broad SMARTS) is 1. The van der Waals surface area contributed by atoms with E-state index in [0.29, 0.717) is 17.5 Å². The summed E-state index contributed by atoms with van der Waals surface area (Å²) in [5.41, 5.74) is 0.568. The molecule has 0 spiro atoms. The van der Waals surface area contributed by atoms with Crippen molar-refractivity contribution in [3.8, 4) is 0 Å². The van der Waals surface area contributed by atoms with Crippen molar-refractivity contribution in [3.05, 3.63) is 24.0 Å². The summed E-state index contributed by atoms with van der Waals surface area (Å²) in [4.78, 5) is 22.6. The van der Waals surface area contributed by atoms with Gasteiger partial charge in [-0.15, -0.1) is 5.10 Å². The molecule has 0 aliphatic heterocycles. The summed E-state index contributed by atoms with van der Waals surface area (Å²) < 4.78 is 1.24. The van der Waals surface area contributed by atoms with Crippen molar-refractivity contribution in [2.75, 3.05) is 0 Å². The number of nitrogens with one attached hydrogen (secondary N) is 1. The summed E-state index contributed by atoms with van der Waals surface area (Å²) in [5.74, 6) is 0.0860. The van der Waals surface area contributed by atoms with E-state index in [1.165, 1.54) is 10.9 Å². The van der Waals surface area contributed by atoms with Crippen LogP contribution in [0.2, 0.25) is 0 Å². The number of amides is 1. The van der Waals surface area contributed by atoms with Crippen LogP contribution in [0.15, 0.2) is 18.3 Å². The number of aromatic nitrogens is 3. The molecular formula is C13H16N4O3. The van der Waals surface area contributed by atoms with Crippen molar-refractivity contribution in [1.82, 2.24) is 20.3 Å². The standard InChI is InChI=1S/C13H16N4O3/c18-12(19)7-17-6-10(15-16-17)5-14-13(20)11-4-8-1-2-9(11)3-8/h1-2,6,8-9,11H,3-5,7H2,(H,14,20)(H,18,19). The molecule has 7 nitrogen and oxygen atoms in total. The van der Waals surface area contributed by atoms with Gasteiger partial charge in [-0.25, -0.2) is 4.68 Å². The van der Waals surface area contributed by atoms with E-state index in [4.69, 9.17) is 5.11 Å². The molecule has 0 saturated heterocycles. The first kappa shape index (κ1) is 12.8.